The number of fused-ring (bicyclic) bond motifs is 1. The average Bonchev–Trinajstić information content (AvgIpc) is 3.30. The Balaban J connectivity index is 1.77. The van der Waals surface area contributed by atoms with E-state index in [1.807, 2.05) is 66.8 Å². The van der Waals surface area contributed by atoms with Crippen molar-refractivity contribution in [3.63, 3.8) is 0 Å². The van der Waals surface area contributed by atoms with E-state index < -0.39 is 0 Å². The fourth-order valence-electron chi connectivity index (χ4n) is 2.73. The van der Waals surface area contributed by atoms with Gasteiger partial charge in [-0.2, -0.15) is 5.10 Å². The molecule has 0 N–H and O–H groups in total. The smallest absolute Gasteiger partial charge is 0.198 e. The molecule has 1 aromatic carbocycles. The van der Waals surface area contributed by atoms with Gasteiger partial charge in [-0.1, -0.05) is 6.07 Å². The molecule has 4 aromatic rings. The number of thiophene rings is 1. The first-order valence-electron chi connectivity index (χ1n) is 7.84. The Hall–Kier alpha value is -2.99. The zero-order chi connectivity index (χ0) is 17.4. The first-order chi connectivity index (χ1) is 12.1. The SMILES string of the molecule is CN(C)c1ccc(C(=O)c2cnn3c(-c4cccs4)ccnc23)cc1. The molecular weight excluding hydrogens is 332 g/mol. The molecule has 5 nitrogen and oxygen atoms in total. The van der Waals surface area contributed by atoms with Crippen molar-refractivity contribution in [3.8, 4) is 10.6 Å². The van der Waals surface area contributed by atoms with Crippen LogP contribution in [0.5, 0.6) is 0 Å². The van der Waals surface area contributed by atoms with E-state index in [1.54, 1.807) is 28.2 Å². The van der Waals surface area contributed by atoms with Gasteiger partial charge in [-0.05, 0) is 41.8 Å². The molecule has 0 aliphatic carbocycles. The van der Waals surface area contributed by atoms with Gasteiger partial charge in [0.2, 0.25) is 0 Å². The van der Waals surface area contributed by atoms with E-state index >= 15 is 0 Å². The third-order valence-corrected chi connectivity index (χ3v) is 4.96. The highest BCUT2D eigenvalue weighted by Gasteiger charge is 2.18. The van der Waals surface area contributed by atoms with E-state index in [2.05, 4.69) is 10.1 Å². The van der Waals surface area contributed by atoms with Gasteiger partial charge in [0.15, 0.2) is 11.4 Å². The number of rotatable bonds is 4. The van der Waals surface area contributed by atoms with Gasteiger partial charge in [0.25, 0.3) is 0 Å². The lowest BCUT2D eigenvalue weighted by molar-refractivity contribution is 0.104. The van der Waals surface area contributed by atoms with Gasteiger partial charge < -0.3 is 4.90 Å². The molecule has 0 aliphatic rings. The summed E-state index contributed by atoms with van der Waals surface area (Å²) in [4.78, 5) is 20.4. The maximum Gasteiger partial charge on any atom is 0.198 e. The van der Waals surface area contributed by atoms with Crippen LogP contribution >= 0.6 is 11.3 Å². The normalized spacial score (nSPS) is 11.0. The van der Waals surface area contributed by atoms with Crippen LogP contribution < -0.4 is 4.90 Å². The Morgan fingerprint density at radius 2 is 1.92 bits per heavy atom. The van der Waals surface area contributed by atoms with Gasteiger partial charge in [-0.15, -0.1) is 11.3 Å². The Morgan fingerprint density at radius 1 is 1.12 bits per heavy atom. The van der Waals surface area contributed by atoms with Crippen LogP contribution in [0, 0.1) is 0 Å². The molecule has 3 heterocycles. The van der Waals surface area contributed by atoms with Crippen molar-refractivity contribution >= 4 is 28.5 Å². The second-order valence-electron chi connectivity index (χ2n) is 5.87. The van der Waals surface area contributed by atoms with Crippen LogP contribution in [0.2, 0.25) is 0 Å². The molecule has 3 aromatic heterocycles. The molecule has 0 bridgehead atoms. The Bertz CT molecular complexity index is 1030. The van der Waals surface area contributed by atoms with Crippen LogP contribution in [0.15, 0.2) is 60.2 Å². The Labute approximate surface area is 149 Å². The van der Waals surface area contributed by atoms with Gasteiger partial charge in [-0.3, -0.25) is 4.79 Å². The number of aromatic nitrogens is 3. The minimum absolute atomic E-state index is 0.0730. The lowest BCUT2D eigenvalue weighted by Crippen LogP contribution is -2.09. The predicted molar refractivity (Wildman–Crippen MR) is 101 cm³/mol. The minimum atomic E-state index is -0.0730. The summed E-state index contributed by atoms with van der Waals surface area (Å²) in [5.41, 5.74) is 3.70. The first-order valence-corrected chi connectivity index (χ1v) is 8.72. The van der Waals surface area contributed by atoms with Gasteiger partial charge in [0.05, 0.1) is 22.3 Å². The third-order valence-electron chi connectivity index (χ3n) is 4.07. The predicted octanol–water partition coefficient (Wildman–Crippen LogP) is 3.75. The molecule has 124 valence electrons. The number of nitrogens with zero attached hydrogens (tertiary/aromatic N) is 4. The monoisotopic (exact) mass is 348 g/mol. The molecule has 0 aliphatic heterocycles. The number of hydrogen-bond acceptors (Lipinski definition) is 5. The summed E-state index contributed by atoms with van der Waals surface area (Å²) in [6.45, 7) is 0. The molecule has 0 saturated heterocycles. The van der Waals surface area contributed by atoms with Crippen LogP contribution in [0.1, 0.15) is 15.9 Å². The fraction of sp³-hybridized carbons (Fsp3) is 0.105. The fourth-order valence-corrected chi connectivity index (χ4v) is 3.47. The maximum absolute atomic E-state index is 12.9. The lowest BCUT2D eigenvalue weighted by atomic mass is 10.1. The van der Waals surface area contributed by atoms with Crippen LogP contribution in [0.3, 0.4) is 0 Å². The molecule has 6 heteroatoms. The van der Waals surface area contributed by atoms with Crippen LogP contribution in [-0.4, -0.2) is 34.5 Å². The average molecular weight is 348 g/mol. The molecule has 0 fully saturated rings. The molecule has 0 saturated carbocycles. The number of carbonyl (C=O) groups excluding carboxylic acids is 1. The van der Waals surface area contributed by atoms with Gasteiger partial charge in [0.1, 0.15) is 0 Å². The standard InChI is InChI=1S/C19H16N4OS/c1-22(2)14-7-5-13(6-8-14)18(24)15-12-21-23-16(9-10-20-19(15)23)17-4-3-11-25-17/h3-12H,1-2H3. The largest absolute Gasteiger partial charge is 0.378 e. The summed E-state index contributed by atoms with van der Waals surface area (Å²) >= 11 is 1.63. The summed E-state index contributed by atoms with van der Waals surface area (Å²) in [5, 5.41) is 6.42. The van der Waals surface area contributed by atoms with Crippen molar-refractivity contribution in [1.29, 1.82) is 0 Å². The van der Waals surface area contributed by atoms with Crippen molar-refractivity contribution in [2.75, 3.05) is 19.0 Å². The van der Waals surface area contributed by atoms with Gasteiger partial charge >= 0.3 is 0 Å². The summed E-state index contributed by atoms with van der Waals surface area (Å²) in [6.07, 6.45) is 3.32. The molecule has 0 atom stereocenters. The van der Waals surface area contributed by atoms with E-state index in [0.717, 1.165) is 16.3 Å². The van der Waals surface area contributed by atoms with Crippen LogP contribution in [-0.2, 0) is 0 Å². The zero-order valence-electron chi connectivity index (χ0n) is 13.9. The number of hydrogen-bond donors (Lipinski definition) is 0. The van der Waals surface area contributed by atoms with Gasteiger partial charge in [-0.25, -0.2) is 9.50 Å². The van der Waals surface area contributed by atoms with Crippen molar-refractivity contribution in [2.45, 2.75) is 0 Å². The first kappa shape index (κ1) is 15.5. The number of benzene rings is 1. The van der Waals surface area contributed by atoms with E-state index in [9.17, 15) is 4.79 Å². The van der Waals surface area contributed by atoms with E-state index in [-0.39, 0.29) is 5.78 Å². The minimum Gasteiger partial charge on any atom is -0.378 e. The van der Waals surface area contributed by atoms with Crippen LogP contribution in [0.4, 0.5) is 5.69 Å². The van der Waals surface area contributed by atoms with Crippen molar-refractivity contribution in [1.82, 2.24) is 14.6 Å². The summed E-state index contributed by atoms with van der Waals surface area (Å²) in [7, 11) is 3.94. The third kappa shape index (κ3) is 2.70. The second-order valence-corrected chi connectivity index (χ2v) is 6.82. The zero-order valence-corrected chi connectivity index (χ0v) is 14.7. The molecule has 0 radical (unpaired) electrons. The topological polar surface area (TPSA) is 50.5 Å². The number of carbonyl (C=O) groups is 1. The summed E-state index contributed by atoms with van der Waals surface area (Å²) in [5.74, 6) is -0.0730. The summed E-state index contributed by atoms with van der Waals surface area (Å²) in [6, 6.07) is 13.5. The highest BCUT2D eigenvalue weighted by Crippen LogP contribution is 2.26. The highest BCUT2D eigenvalue weighted by atomic mass is 32.1. The highest BCUT2D eigenvalue weighted by molar-refractivity contribution is 7.13. The maximum atomic E-state index is 12.9. The van der Waals surface area contributed by atoms with Crippen molar-refractivity contribution in [3.05, 3.63) is 71.4 Å². The van der Waals surface area contributed by atoms with E-state index in [4.69, 9.17) is 0 Å². The summed E-state index contributed by atoms with van der Waals surface area (Å²) < 4.78 is 1.73. The number of ketones is 1. The molecule has 0 amide bonds. The van der Waals surface area contributed by atoms with Crippen molar-refractivity contribution < 1.29 is 4.79 Å². The van der Waals surface area contributed by atoms with E-state index in [0.29, 0.717) is 16.8 Å². The lowest BCUT2D eigenvalue weighted by Gasteiger charge is -2.12. The molecule has 0 unspecified atom stereocenters. The van der Waals surface area contributed by atoms with Crippen molar-refractivity contribution in [2.24, 2.45) is 0 Å². The Kier molecular flexibility index (Phi) is 3.82. The molecular formula is C19H16N4OS. The van der Waals surface area contributed by atoms with Crippen LogP contribution in [0.25, 0.3) is 16.2 Å². The van der Waals surface area contributed by atoms with E-state index in [1.165, 1.54) is 0 Å². The molecule has 0 spiro atoms. The second kappa shape index (κ2) is 6.14. The molecule has 4 rings (SSSR count). The Morgan fingerprint density at radius 3 is 2.60 bits per heavy atom. The number of anilines is 1. The quantitative estimate of drug-likeness (QED) is 0.527. The molecule has 25 heavy (non-hydrogen) atoms. The van der Waals surface area contributed by atoms with Gasteiger partial charge in [0, 0.05) is 31.5 Å².